The van der Waals surface area contributed by atoms with Crippen LogP contribution in [0.15, 0.2) is 58.3 Å². The van der Waals surface area contributed by atoms with Crippen LogP contribution < -0.4 is 4.90 Å². The summed E-state index contributed by atoms with van der Waals surface area (Å²) in [4.78, 5) is 29.3. The molecule has 0 spiro atoms. The van der Waals surface area contributed by atoms with Crippen LogP contribution in [0, 0.1) is 6.92 Å². The molecule has 0 bridgehead atoms. The predicted molar refractivity (Wildman–Crippen MR) is 128 cm³/mol. The van der Waals surface area contributed by atoms with Crippen molar-refractivity contribution in [2.75, 3.05) is 38.2 Å². The number of allylic oxidation sites excluding steroid dienone is 3. The van der Waals surface area contributed by atoms with E-state index in [4.69, 9.17) is 4.74 Å². The third-order valence-corrected chi connectivity index (χ3v) is 5.25. The van der Waals surface area contributed by atoms with Gasteiger partial charge in [-0.15, -0.1) is 0 Å². The summed E-state index contributed by atoms with van der Waals surface area (Å²) in [6, 6.07) is 2.08. The van der Waals surface area contributed by atoms with Crippen LogP contribution in [0.4, 0.5) is 5.82 Å². The number of carbonyl (C=O) groups excluding carboxylic acids is 1. The topological polar surface area (TPSA) is 70.4 Å². The predicted octanol–water partition coefficient (Wildman–Crippen LogP) is 3.82. The molecule has 31 heavy (non-hydrogen) atoms. The van der Waals surface area contributed by atoms with E-state index in [0.717, 1.165) is 48.0 Å². The molecule has 166 valence electrons. The quantitative estimate of drug-likeness (QED) is 0.289. The Kier molecular flexibility index (Phi) is 8.73. The second-order valence-electron chi connectivity index (χ2n) is 7.51. The monoisotopic (exact) mass is 423 g/mol. The summed E-state index contributed by atoms with van der Waals surface area (Å²) < 4.78 is 5.07. The van der Waals surface area contributed by atoms with Crippen LogP contribution in [0.2, 0.25) is 0 Å². The molecule has 0 saturated carbocycles. The number of ether oxygens (including phenoxy) is 1. The highest BCUT2D eigenvalue weighted by Gasteiger charge is 2.27. The molecule has 1 unspecified atom stereocenters. The van der Waals surface area contributed by atoms with Crippen molar-refractivity contribution in [1.29, 1.82) is 0 Å². The molecule has 1 aliphatic rings. The molecule has 1 aromatic heterocycles. The largest absolute Gasteiger partial charge is 0.462 e. The lowest BCUT2D eigenvalue weighted by Crippen LogP contribution is -2.54. The van der Waals surface area contributed by atoms with Crippen LogP contribution in [0.5, 0.6) is 0 Å². The van der Waals surface area contributed by atoms with E-state index in [2.05, 4.69) is 51.1 Å². The normalized spacial score (nSPS) is 17.8. The molecule has 1 saturated heterocycles. The van der Waals surface area contributed by atoms with E-state index in [-0.39, 0.29) is 12.0 Å². The lowest BCUT2D eigenvalue weighted by atomic mass is 10.1. The number of carbonyl (C=O) groups is 1. The fourth-order valence-corrected chi connectivity index (χ4v) is 3.55. The van der Waals surface area contributed by atoms with E-state index < -0.39 is 0 Å². The number of hydrogen-bond donors (Lipinski definition) is 0. The van der Waals surface area contributed by atoms with E-state index in [9.17, 15) is 4.79 Å². The number of aliphatic imine (C=N–C) groups is 2. The van der Waals surface area contributed by atoms with E-state index in [1.54, 1.807) is 19.3 Å². The van der Waals surface area contributed by atoms with Crippen molar-refractivity contribution in [3.63, 3.8) is 0 Å². The Morgan fingerprint density at radius 1 is 1.42 bits per heavy atom. The van der Waals surface area contributed by atoms with Gasteiger partial charge in [0.1, 0.15) is 11.7 Å². The minimum Gasteiger partial charge on any atom is -0.462 e. The van der Waals surface area contributed by atoms with Crippen molar-refractivity contribution in [3.8, 4) is 0 Å². The Bertz CT molecular complexity index is 917. The van der Waals surface area contributed by atoms with Gasteiger partial charge in [0.25, 0.3) is 0 Å². The molecule has 0 radical (unpaired) electrons. The van der Waals surface area contributed by atoms with Gasteiger partial charge in [-0.1, -0.05) is 6.58 Å². The number of aromatic nitrogens is 1. The van der Waals surface area contributed by atoms with Crippen LogP contribution in [-0.2, 0) is 4.74 Å². The molecular weight excluding hydrogens is 390 g/mol. The molecule has 2 rings (SSSR count). The van der Waals surface area contributed by atoms with Gasteiger partial charge < -0.3 is 14.5 Å². The molecular formula is C24H33N5O2. The SMILES string of the molecule is C=N/C=C\C(=C)/C(C)=C/C(=NC)N1CCN(c2ncc(C(=O)OCC)cc2C)CC1C. The van der Waals surface area contributed by atoms with Crippen LogP contribution in [0.1, 0.15) is 36.7 Å². The fourth-order valence-electron chi connectivity index (χ4n) is 3.55. The van der Waals surface area contributed by atoms with Crippen molar-refractivity contribution in [1.82, 2.24) is 9.88 Å². The fraction of sp³-hybridized carbons (Fsp3) is 0.417. The van der Waals surface area contributed by atoms with Crippen LogP contribution in [-0.4, -0.2) is 67.7 Å². The van der Waals surface area contributed by atoms with Gasteiger partial charge in [-0.2, -0.15) is 0 Å². The molecule has 1 fully saturated rings. The highest BCUT2D eigenvalue weighted by Crippen LogP contribution is 2.23. The third kappa shape index (κ3) is 6.13. The number of amidine groups is 1. The average molecular weight is 424 g/mol. The summed E-state index contributed by atoms with van der Waals surface area (Å²) in [5.74, 6) is 1.49. The van der Waals surface area contributed by atoms with Crippen molar-refractivity contribution in [3.05, 3.63) is 59.5 Å². The summed E-state index contributed by atoms with van der Waals surface area (Å²) in [7, 11) is 1.81. The van der Waals surface area contributed by atoms with Gasteiger partial charge in [0.05, 0.1) is 12.2 Å². The number of piperazine rings is 1. The number of hydrogen-bond acceptors (Lipinski definition) is 6. The minimum atomic E-state index is -0.339. The average Bonchev–Trinajstić information content (AvgIpc) is 2.75. The molecule has 0 N–H and O–H groups in total. The molecule has 0 amide bonds. The smallest absolute Gasteiger partial charge is 0.339 e. The Labute approximate surface area is 185 Å². The molecule has 7 heteroatoms. The van der Waals surface area contributed by atoms with E-state index in [1.165, 1.54) is 0 Å². The van der Waals surface area contributed by atoms with Crippen molar-refractivity contribution < 1.29 is 9.53 Å². The van der Waals surface area contributed by atoms with Gasteiger partial charge in [0, 0.05) is 45.1 Å². The first kappa shape index (κ1) is 24.1. The zero-order valence-electron chi connectivity index (χ0n) is 19.3. The Hall–Kier alpha value is -3.22. The van der Waals surface area contributed by atoms with Crippen LogP contribution in [0.25, 0.3) is 0 Å². The number of aryl methyl sites for hydroxylation is 1. The Morgan fingerprint density at radius 3 is 2.74 bits per heavy atom. The zero-order valence-corrected chi connectivity index (χ0v) is 19.3. The molecule has 2 heterocycles. The third-order valence-electron chi connectivity index (χ3n) is 5.25. The van der Waals surface area contributed by atoms with Gasteiger partial charge >= 0.3 is 5.97 Å². The summed E-state index contributed by atoms with van der Waals surface area (Å²) >= 11 is 0. The standard InChI is InChI=1S/C24H33N5O2/c1-8-31-24(30)21-13-19(4)23(27-15-21)28-11-12-29(20(5)16-28)22(26-7)14-18(3)17(2)9-10-25-6/h9-10,13-15,20H,2,6,8,11-12,16H2,1,3-5,7H3/b10-9-,18-14+,26-22?. The van der Waals surface area contributed by atoms with E-state index in [1.807, 2.05) is 33.0 Å². The van der Waals surface area contributed by atoms with Crippen molar-refractivity contribution in [2.24, 2.45) is 9.98 Å². The molecule has 7 nitrogen and oxygen atoms in total. The van der Waals surface area contributed by atoms with Gasteiger partial charge in [0.15, 0.2) is 0 Å². The minimum absolute atomic E-state index is 0.237. The summed E-state index contributed by atoms with van der Waals surface area (Å²) in [5.41, 5.74) is 3.35. The maximum atomic E-state index is 12.0. The highest BCUT2D eigenvalue weighted by molar-refractivity contribution is 5.94. The lowest BCUT2D eigenvalue weighted by molar-refractivity contribution is 0.0526. The van der Waals surface area contributed by atoms with Gasteiger partial charge in [-0.3, -0.25) is 9.98 Å². The highest BCUT2D eigenvalue weighted by atomic mass is 16.5. The number of rotatable bonds is 7. The summed E-state index contributed by atoms with van der Waals surface area (Å²) in [5, 5.41) is 0. The summed E-state index contributed by atoms with van der Waals surface area (Å²) in [6.07, 6.45) is 7.12. The number of esters is 1. The van der Waals surface area contributed by atoms with E-state index in [0.29, 0.717) is 12.2 Å². The van der Waals surface area contributed by atoms with Crippen molar-refractivity contribution in [2.45, 2.75) is 33.7 Å². The van der Waals surface area contributed by atoms with Crippen LogP contribution in [0.3, 0.4) is 0 Å². The van der Waals surface area contributed by atoms with Crippen molar-refractivity contribution >= 4 is 24.3 Å². The maximum absolute atomic E-state index is 12.0. The van der Waals surface area contributed by atoms with Gasteiger partial charge in [-0.25, -0.2) is 9.78 Å². The second-order valence-corrected chi connectivity index (χ2v) is 7.51. The lowest BCUT2D eigenvalue weighted by Gasteiger charge is -2.42. The zero-order chi connectivity index (χ0) is 23.0. The first-order chi connectivity index (χ1) is 14.8. The number of anilines is 1. The summed E-state index contributed by atoms with van der Waals surface area (Å²) in [6.45, 7) is 18.3. The molecule has 0 aromatic carbocycles. The Morgan fingerprint density at radius 2 is 2.16 bits per heavy atom. The molecule has 1 atom stereocenters. The van der Waals surface area contributed by atoms with Crippen LogP contribution >= 0.6 is 0 Å². The Balaban J connectivity index is 2.13. The number of nitrogens with zero attached hydrogens (tertiary/aromatic N) is 5. The first-order valence-corrected chi connectivity index (χ1v) is 10.4. The van der Waals surface area contributed by atoms with E-state index >= 15 is 0 Å². The molecule has 0 aliphatic carbocycles. The maximum Gasteiger partial charge on any atom is 0.339 e. The molecule has 1 aromatic rings. The van der Waals surface area contributed by atoms with Gasteiger partial charge in [-0.05, 0) is 69.3 Å². The second kappa shape index (κ2) is 11.2. The molecule has 1 aliphatic heterocycles. The number of pyridine rings is 1. The van der Waals surface area contributed by atoms with Gasteiger partial charge in [0.2, 0.25) is 0 Å². The first-order valence-electron chi connectivity index (χ1n) is 10.4.